The van der Waals surface area contributed by atoms with Crippen LogP contribution in [0, 0.1) is 0 Å². The van der Waals surface area contributed by atoms with Crippen LogP contribution >= 0.6 is 11.6 Å². The summed E-state index contributed by atoms with van der Waals surface area (Å²) in [6.45, 7) is -0.840. The summed E-state index contributed by atoms with van der Waals surface area (Å²) in [6, 6.07) is 5.06. The van der Waals surface area contributed by atoms with Crippen molar-refractivity contribution >= 4 is 11.6 Å². The highest BCUT2D eigenvalue weighted by molar-refractivity contribution is 6.17. The number of alkyl halides is 4. The van der Waals surface area contributed by atoms with Gasteiger partial charge in [0.2, 0.25) is 0 Å². The summed E-state index contributed by atoms with van der Waals surface area (Å²) in [7, 11) is 1.44. The van der Waals surface area contributed by atoms with Crippen LogP contribution in [0.3, 0.4) is 0 Å². The molecule has 0 aliphatic heterocycles. The quantitative estimate of drug-likeness (QED) is 0.592. The minimum Gasteiger partial charge on any atom is -0.493 e. The smallest absolute Gasteiger partial charge is 0.493 e. The van der Waals surface area contributed by atoms with Crippen molar-refractivity contribution < 1.29 is 27.4 Å². The van der Waals surface area contributed by atoms with Crippen LogP contribution < -0.4 is 9.47 Å². The van der Waals surface area contributed by atoms with Crippen molar-refractivity contribution in [2.75, 3.05) is 20.3 Å². The number of halogens is 4. The van der Waals surface area contributed by atoms with Gasteiger partial charge in [-0.3, -0.25) is 4.74 Å². The highest BCUT2D eigenvalue weighted by Crippen LogP contribution is 2.32. The van der Waals surface area contributed by atoms with E-state index < -0.39 is 13.0 Å². The van der Waals surface area contributed by atoms with E-state index in [9.17, 15) is 13.2 Å². The number of hydrogen-bond acceptors (Lipinski definition) is 3. The molecular formula is C11H12ClF3O3. The van der Waals surface area contributed by atoms with Gasteiger partial charge >= 0.3 is 6.36 Å². The van der Waals surface area contributed by atoms with E-state index in [0.717, 1.165) is 0 Å². The molecule has 18 heavy (non-hydrogen) atoms. The summed E-state index contributed by atoms with van der Waals surface area (Å²) in [5, 5.41) is 0. The third kappa shape index (κ3) is 4.62. The first kappa shape index (κ1) is 14.9. The van der Waals surface area contributed by atoms with Crippen molar-refractivity contribution in [3.63, 3.8) is 0 Å². The first-order chi connectivity index (χ1) is 8.48. The summed E-state index contributed by atoms with van der Waals surface area (Å²) >= 11 is 5.70. The maximum Gasteiger partial charge on any atom is 0.522 e. The predicted octanol–water partition coefficient (Wildman–Crippen LogP) is 3.35. The lowest BCUT2D eigenvalue weighted by Crippen LogP contribution is -2.18. The fourth-order valence-corrected chi connectivity index (χ4v) is 1.50. The van der Waals surface area contributed by atoms with E-state index in [1.54, 1.807) is 18.2 Å². The Hall–Kier alpha value is -1.14. The van der Waals surface area contributed by atoms with E-state index in [0.29, 0.717) is 17.1 Å². The van der Waals surface area contributed by atoms with Crippen LogP contribution in [-0.4, -0.2) is 26.7 Å². The van der Waals surface area contributed by atoms with E-state index in [4.69, 9.17) is 21.1 Å². The fraction of sp³-hybridized carbons (Fsp3) is 0.455. The molecule has 1 aromatic carbocycles. The van der Waals surface area contributed by atoms with Gasteiger partial charge in [0.25, 0.3) is 0 Å². The zero-order chi connectivity index (χ0) is 13.6. The molecule has 0 unspecified atom stereocenters. The fourth-order valence-electron chi connectivity index (χ4n) is 1.29. The number of rotatable bonds is 6. The monoisotopic (exact) mass is 284 g/mol. The molecule has 0 spiro atoms. The Kier molecular flexibility index (Phi) is 5.55. The maximum atomic E-state index is 11.7. The molecular weight excluding hydrogens is 273 g/mol. The Bertz CT molecular complexity index is 360. The van der Waals surface area contributed by atoms with Gasteiger partial charge in [0.1, 0.15) is 6.61 Å². The van der Waals surface area contributed by atoms with Crippen LogP contribution in [0.2, 0.25) is 0 Å². The molecule has 0 N–H and O–H groups in total. The second-order valence-corrected chi connectivity index (χ2v) is 3.49. The summed E-state index contributed by atoms with van der Waals surface area (Å²) in [5.41, 5.74) is 0.642. The van der Waals surface area contributed by atoms with Crippen LogP contribution in [0.4, 0.5) is 13.2 Å². The van der Waals surface area contributed by atoms with Crippen molar-refractivity contribution in [2.24, 2.45) is 0 Å². The van der Waals surface area contributed by atoms with E-state index >= 15 is 0 Å². The molecule has 0 radical (unpaired) electrons. The van der Waals surface area contributed by atoms with Gasteiger partial charge in [-0.2, -0.15) is 0 Å². The molecule has 0 aliphatic rings. The van der Waals surface area contributed by atoms with Crippen molar-refractivity contribution in [1.29, 1.82) is 0 Å². The van der Waals surface area contributed by atoms with Crippen LogP contribution in [0.1, 0.15) is 5.56 Å². The van der Waals surface area contributed by atoms with E-state index in [1.165, 1.54) is 7.11 Å². The second kappa shape index (κ2) is 6.70. The predicted molar refractivity (Wildman–Crippen MR) is 60.1 cm³/mol. The Morgan fingerprint density at radius 2 is 1.94 bits per heavy atom. The minimum atomic E-state index is -4.65. The first-order valence-corrected chi connectivity index (χ1v) is 5.56. The SMILES string of the molecule is COc1cccc(CCl)c1OCCOC(F)(F)F. The molecule has 0 saturated carbocycles. The zero-order valence-electron chi connectivity index (χ0n) is 9.59. The maximum absolute atomic E-state index is 11.7. The number of methoxy groups -OCH3 is 1. The van der Waals surface area contributed by atoms with Crippen LogP contribution in [0.25, 0.3) is 0 Å². The summed E-state index contributed by atoms with van der Waals surface area (Å²) in [5.74, 6) is 0.924. The van der Waals surface area contributed by atoms with Gasteiger partial charge < -0.3 is 9.47 Å². The van der Waals surface area contributed by atoms with Crippen molar-refractivity contribution in [3.8, 4) is 11.5 Å². The number of hydrogen-bond donors (Lipinski definition) is 0. The molecule has 7 heteroatoms. The second-order valence-electron chi connectivity index (χ2n) is 3.22. The summed E-state index contributed by atoms with van der Waals surface area (Å²) in [4.78, 5) is 0. The van der Waals surface area contributed by atoms with Crippen molar-refractivity contribution in [2.45, 2.75) is 12.2 Å². The van der Waals surface area contributed by atoms with Crippen molar-refractivity contribution in [1.82, 2.24) is 0 Å². The lowest BCUT2D eigenvalue weighted by atomic mass is 10.2. The number of ether oxygens (including phenoxy) is 3. The third-order valence-electron chi connectivity index (χ3n) is 2.02. The summed E-state index contributed by atoms with van der Waals surface area (Å²) < 4.78 is 49.1. The molecule has 102 valence electrons. The molecule has 0 aliphatic carbocycles. The number of para-hydroxylation sites is 1. The Balaban J connectivity index is 2.60. The van der Waals surface area contributed by atoms with Crippen LogP contribution in [0.15, 0.2) is 18.2 Å². The topological polar surface area (TPSA) is 27.7 Å². The third-order valence-corrected chi connectivity index (χ3v) is 2.31. The largest absolute Gasteiger partial charge is 0.522 e. The molecule has 1 rings (SSSR count). The lowest BCUT2D eigenvalue weighted by Gasteiger charge is -2.14. The summed E-state index contributed by atoms with van der Waals surface area (Å²) in [6.07, 6.45) is -4.65. The molecule has 0 fully saturated rings. The first-order valence-electron chi connectivity index (χ1n) is 5.03. The number of benzene rings is 1. The average Bonchev–Trinajstić information content (AvgIpc) is 2.33. The van der Waals surface area contributed by atoms with Gasteiger partial charge in [0.15, 0.2) is 11.5 Å². The molecule has 0 amide bonds. The zero-order valence-corrected chi connectivity index (χ0v) is 10.3. The Morgan fingerprint density at radius 1 is 1.22 bits per heavy atom. The molecule has 0 heterocycles. The Morgan fingerprint density at radius 3 is 2.50 bits per heavy atom. The van der Waals surface area contributed by atoms with Crippen LogP contribution in [0.5, 0.6) is 11.5 Å². The van der Waals surface area contributed by atoms with Gasteiger partial charge in [-0.25, -0.2) is 0 Å². The van der Waals surface area contributed by atoms with Crippen molar-refractivity contribution in [3.05, 3.63) is 23.8 Å². The molecule has 0 aromatic heterocycles. The van der Waals surface area contributed by atoms with Crippen LogP contribution in [-0.2, 0) is 10.6 Å². The van der Waals surface area contributed by atoms with Gasteiger partial charge in [-0.05, 0) is 6.07 Å². The average molecular weight is 285 g/mol. The molecule has 3 nitrogen and oxygen atoms in total. The van der Waals surface area contributed by atoms with E-state index in [1.807, 2.05) is 0 Å². The van der Waals surface area contributed by atoms with Gasteiger partial charge in [-0.15, -0.1) is 24.8 Å². The lowest BCUT2D eigenvalue weighted by molar-refractivity contribution is -0.325. The highest BCUT2D eigenvalue weighted by Gasteiger charge is 2.28. The molecule has 0 atom stereocenters. The Labute approximate surface area is 107 Å². The highest BCUT2D eigenvalue weighted by atomic mass is 35.5. The molecule has 1 aromatic rings. The van der Waals surface area contributed by atoms with Gasteiger partial charge in [0.05, 0.1) is 19.6 Å². The molecule has 0 bridgehead atoms. The standard InChI is InChI=1S/C11H12ClF3O3/c1-16-9-4-2-3-8(7-12)10(9)17-5-6-18-11(13,14)15/h2-4H,5-7H2,1H3. The van der Waals surface area contributed by atoms with E-state index in [-0.39, 0.29) is 12.5 Å². The minimum absolute atomic E-state index is 0.173. The molecule has 0 saturated heterocycles. The van der Waals surface area contributed by atoms with Gasteiger partial charge in [0, 0.05) is 5.56 Å². The normalized spacial score (nSPS) is 11.4. The van der Waals surface area contributed by atoms with Gasteiger partial charge in [-0.1, -0.05) is 12.1 Å². The van der Waals surface area contributed by atoms with E-state index in [2.05, 4.69) is 4.74 Å².